The van der Waals surface area contributed by atoms with Crippen LogP contribution in [0.2, 0.25) is 0 Å². The van der Waals surface area contributed by atoms with Crippen molar-refractivity contribution in [1.82, 2.24) is 5.01 Å². The summed E-state index contributed by atoms with van der Waals surface area (Å²) in [5, 5.41) is 7.39. The van der Waals surface area contributed by atoms with Gasteiger partial charge in [-0.3, -0.25) is 5.01 Å². The first kappa shape index (κ1) is 10.8. The lowest BCUT2D eigenvalue weighted by Crippen LogP contribution is -2.02. The van der Waals surface area contributed by atoms with Gasteiger partial charge in [0.2, 0.25) is 0 Å². The van der Waals surface area contributed by atoms with Crippen LogP contribution < -0.4 is 4.74 Å². The lowest BCUT2D eigenvalue weighted by molar-refractivity contribution is 0.412. The smallest absolute Gasteiger partial charge is 0.133 e. The Bertz CT molecular complexity index is 408. The second kappa shape index (κ2) is 4.45. The maximum atomic E-state index is 5.18. The zero-order chi connectivity index (χ0) is 10.8. The SMILES string of the molecule is COc1ccc(C2=NN(C)CS2)cc1Br. The van der Waals surface area contributed by atoms with Crippen LogP contribution in [0.4, 0.5) is 0 Å². The number of hydrogen-bond acceptors (Lipinski definition) is 4. The number of thioether (sulfide) groups is 1. The fraction of sp³-hybridized carbons (Fsp3) is 0.300. The average Bonchev–Trinajstić information content (AvgIpc) is 2.65. The van der Waals surface area contributed by atoms with Crippen molar-refractivity contribution in [3.05, 3.63) is 28.2 Å². The fourth-order valence-electron chi connectivity index (χ4n) is 1.31. The van der Waals surface area contributed by atoms with Crippen molar-refractivity contribution in [3.8, 4) is 5.75 Å². The summed E-state index contributed by atoms with van der Waals surface area (Å²) < 4.78 is 6.14. The first-order valence-corrected chi connectivity index (χ1v) is 6.25. The van der Waals surface area contributed by atoms with Gasteiger partial charge in [-0.2, -0.15) is 5.10 Å². The summed E-state index contributed by atoms with van der Waals surface area (Å²) in [5.41, 5.74) is 1.12. The zero-order valence-electron chi connectivity index (χ0n) is 8.53. The van der Waals surface area contributed by atoms with E-state index in [0.717, 1.165) is 26.7 Å². The largest absolute Gasteiger partial charge is 0.496 e. The maximum absolute atomic E-state index is 5.18. The van der Waals surface area contributed by atoms with Crippen LogP contribution in [0.3, 0.4) is 0 Å². The number of hydrazone groups is 1. The highest BCUT2D eigenvalue weighted by Crippen LogP contribution is 2.29. The zero-order valence-corrected chi connectivity index (χ0v) is 10.9. The summed E-state index contributed by atoms with van der Waals surface area (Å²) in [7, 11) is 3.63. The third-order valence-electron chi connectivity index (χ3n) is 2.05. The molecule has 1 aliphatic heterocycles. The van der Waals surface area contributed by atoms with Crippen molar-refractivity contribution in [3.63, 3.8) is 0 Å². The van der Waals surface area contributed by atoms with Gasteiger partial charge in [-0.15, -0.1) is 0 Å². The molecule has 3 nitrogen and oxygen atoms in total. The van der Waals surface area contributed by atoms with E-state index in [-0.39, 0.29) is 0 Å². The van der Waals surface area contributed by atoms with Gasteiger partial charge in [-0.05, 0) is 34.1 Å². The molecule has 0 aromatic heterocycles. The summed E-state index contributed by atoms with van der Waals surface area (Å²) in [5.74, 6) is 1.76. The molecule has 0 spiro atoms. The minimum Gasteiger partial charge on any atom is -0.496 e. The Hall–Kier alpha value is -0.680. The topological polar surface area (TPSA) is 24.8 Å². The van der Waals surface area contributed by atoms with E-state index in [1.54, 1.807) is 18.9 Å². The molecule has 0 amide bonds. The number of methoxy groups -OCH3 is 1. The van der Waals surface area contributed by atoms with Crippen LogP contribution in [0.15, 0.2) is 27.8 Å². The summed E-state index contributed by atoms with van der Waals surface area (Å²) in [6, 6.07) is 6.00. The summed E-state index contributed by atoms with van der Waals surface area (Å²) in [4.78, 5) is 0. The van der Waals surface area contributed by atoms with Crippen LogP contribution in [-0.4, -0.2) is 30.1 Å². The Labute approximate surface area is 102 Å². The van der Waals surface area contributed by atoms with E-state index in [2.05, 4.69) is 21.0 Å². The second-order valence-corrected chi connectivity index (χ2v) is 4.97. The van der Waals surface area contributed by atoms with E-state index < -0.39 is 0 Å². The normalized spacial score (nSPS) is 15.4. The molecule has 0 aliphatic carbocycles. The van der Waals surface area contributed by atoms with Gasteiger partial charge in [-0.1, -0.05) is 11.8 Å². The monoisotopic (exact) mass is 286 g/mol. The molecule has 1 aromatic carbocycles. The van der Waals surface area contributed by atoms with Crippen LogP contribution >= 0.6 is 27.7 Å². The van der Waals surface area contributed by atoms with E-state index >= 15 is 0 Å². The highest BCUT2D eigenvalue weighted by molar-refractivity contribution is 9.10. The van der Waals surface area contributed by atoms with Gasteiger partial charge in [0.15, 0.2) is 0 Å². The molecule has 0 N–H and O–H groups in total. The van der Waals surface area contributed by atoms with Crippen LogP contribution in [0.5, 0.6) is 5.75 Å². The number of ether oxygens (including phenoxy) is 1. The molecule has 15 heavy (non-hydrogen) atoms. The number of rotatable bonds is 2. The average molecular weight is 287 g/mol. The van der Waals surface area contributed by atoms with Crippen molar-refractivity contribution in [2.24, 2.45) is 5.10 Å². The van der Waals surface area contributed by atoms with Crippen LogP contribution in [0, 0.1) is 0 Å². The molecular formula is C10H11BrN2OS. The second-order valence-electron chi connectivity index (χ2n) is 3.19. The van der Waals surface area contributed by atoms with E-state index in [1.165, 1.54) is 0 Å². The Balaban J connectivity index is 2.30. The Kier molecular flexibility index (Phi) is 3.21. The van der Waals surface area contributed by atoms with Crippen LogP contribution in [-0.2, 0) is 0 Å². The molecule has 5 heteroatoms. The van der Waals surface area contributed by atoms with E-state index in [1.807, 2.05) is 30.3 Å². The summed E-state index contributed by atoms with van der Waals surface area (Å²) >= 11 is 5.21. The minimum absolute atomic E-state index is 0.843. The van der Waals surface area contributed by atoms with Crippen molar-refractivity contribution in [1.29, 1.82) is 0 Å². The van der Waals surface area contributed by atoms with Crippen LogP contribution in [0.25, 0.3) is 0 Å². The molecule has 80 valence electrons. The lowest BCUT2D eigenvalue weighted by atomic mass is 10.2. The molecule has 1 aliphatic rings. The van der Waals surface area contributed by atoms with Gasteiger partial charge in [0.25, 0.3) is 0 Å². The summed E-state index contributed by atoms with van der Waals surface area (Å²) in [6.45, 7) is 0. The van der Waals surface area contributed by atoms with Gasteiger partial charge >= 0.3 is 0 Å². The molecule has 0 fully saturated rings. The quantitative estimate of drug-likeness (QED) is 0.836. The van der Waals surface area contributed by atoms with Gasteiger partial charge in [0.1, 0.15) is 10.8 Å². The molecule has 1 heterocycles. The third-order valence-corrected chi connectivity index (χ3v) is 3.76. The van der Waals surface area contributed by atoms with Crippen molar-refractivity contribution >= 4 is 32.7 Å². The molecular weight excluding hydrogens is 276 g/mol. The van der Waals surface area contributed by atoms with E-state index in [0.29, 0.717) is 0 Å². The standard InChI is InChI=1S/C10H11BrN2OS/c1-13-6-15-10(12-13)7-3-4-9(14-2)8(11)5-7/h3-5H,6H2,1-2H3. The fourth-order valence-corrected chi connectivity index (χ4v) is 2.71. The van der Waals surface area contributed by atoms with Crippen molar-refractivity contribution in [2.75, 3.05) is 20.0 Å². The Morgan fingerprint density at radius 3 is 2.87 bits per heavy atom. The molecule has 0 radical (unpaired) electrons. The van der Waals surface area contributed by atoms with Crippen molar-refractivity contribution < 1.29 is 4.74 Å². The molecule has 0 atom stereocenters. The predicted octanol–water partition coefficient (Wildman–Crippen LogP) is 2.76. The molecule has 1 aromatic rings. The van der Waals surface area contributed by atoms with Crippen molar-refractivity contribution in [2.45, 2.75) is 0 Å². The predicted molar refractivity (Wildman–Crippen MR) is 67.5 cm³/mol. The van der Waals surface area contributed by atoms with Gasteiger partial charge in [-0.25, -0.2) is 0 Å². The number of hydrogen-bond donors (Lipinski definition) is 0. The number of halogens is 1. The Morgan fingerprint density at radius 2 is 2.33 bits per heavy atom. The van der Waals surface area contributed by atoms with Gasteiger partial charge < -0.3 is 4.74 Å². The molecule has 0 saturated carbocycles. The maximum Gasteiger partial charge on any atom is 0.133 e. The van der Waals surface area contributed by atoms with Gasteiger partial charge in [0, 0.05) is 12.6 Å². The lowest BCUT2D eigenvalue weighted by Gasteiger charge is -2.05. The molecule has 2 rings (SSSR count). The highest BCUT2D eigenvalue weighted by atomic mass is 79.9. The van der Waals surface area contributed by atoms with Gasteiger partial charge in [0.05, 0.1) is 17.5 Å². The third kappa shape index (κ3) is 2.29. The minimum atomic E-state index is 0.843. The summed E-state index contributed by atoms with van der Waals surface area (Å²) in [6.07, 6.45) is 0. The Morgan fingerprint density at radius 1 is 1.53 bits per heavy atom. The molecule has 0 saturated heterocycles. The van der Waals surface area contributed by atoms with Crippen LogP contribution in [0.1, 0.15) is 5.56 Å². The number of benzene rings is 1. The van der Waals surface area contributed by atoms with E-state index in [4.69, 9.17) is 4.74 Å². The first-order chi connectivity index (χ1) is 7.20. The number of nitrogens with zero attached hydrogens (tertiary/aromatic N) is 2. The molecule has 0 unspecified atom stereocenters. The first-order valence-electron chi connectivity index (χ1n) is 4.47. The van der Waals surface area contributed by atoms with E-state index in [9.17, 15) is 0 Å². The highest BCUT2D eigenvalue weighted by Gasteiger charge is 2.14. The molecule has 0 bridgehead atoms.